The minimum Gasteiger partial charge on any atom is -0.463 e. The van der Waals surface area contributed by atoms with Crippen molar-refractivity contribution in [3.05, 3.63) is 12.7 Å². The molecule has 0 saturated carbocycles. The first-order chi connectivity index (χ1) is 8.33. The van der Waals surface area contributed by atoms with E-state index < -0.39 is 0 Å². The highest BCUT2D eigenvalue weighted by Crippen LogP contribution is 2.09. The van der Waals surface area contributed by atoms with Gasteiger partial charge in [0.2, 0.25) is 5.95 Å². The molecule has 1 N–H and O–H groups in total. The first-order valence-corrected chi connectivity index (χ1v) is 5.25. The van der Waals surface area contributed by atoms with Crippen LogP contribution in [0.2, 0.25) is 0 Å². The molecule has 0 saturated heterocycles. The van der Waals surface area contributed by atoms with Crippen LogP contribution in [-0.2, 0) is 0 Å². The van der Waals surface area contributed by atoms with Gasteiger partial charge in [-0.15, -0.1) is 0 Å². The van der Waals surface area contributed by atoms with Gasteiger partial charge in [-0.1, -0.05) is 6.92 Å². The van der Waals surface area contributed by atoms with Crippen LogP contribution in [0, 0.1) is 0 Å². The largest absolute Gasteiger partial charge is 0.463 e. The zero-order chi connectivity index (χ0) is 12.1. The predicted octanol–water partition coefficient (Wildman–Crippen LogP) is 0.283. The molecule has 0 aliphatic rings. The molecule has 0 atom stereocenters. The lowest BCUT2D eigenvalue weighted by atomic mass is 10.5. The fourth-order valence-electron chi connectivity index (χ4n) is 1.13. The SMILES string of the molecule is CCCOc1nc(NC)nc(-n2cncn2)n1. The molecule has 0 aromatic carbocycles. The summed E-state index contributed by atoms with van der Waals surface area (Å²) in [7, 11) is 1.73. The van der Waals surface area contributed by atoms with Crippen LogP contribution in [0.25, 0.3) is 5.95 Å². The molecule has 0 radical (unpaired) electrons. The van der Waals surface area contributed by atoms with Crippen LogP contribution in [0.3, 0.4) is 0 Å². The molecule has 8 nitrogen and oxygen atoms in total. The maximum Gasteiger partial charge on any atom is 0.323 e. The highest BCUT2D eigenvalue weighted by molar-refractivity contribution is 5.28. The van der Waals surface area contributed by atoms with Gasteiger partial charge in [-0.3, -0.25) is 0 Å². The molecule has 0 fully saturated rings. The molecule has 8 heteroatoms. The van der Waals surface area contributed by atoms with Crippen molar-refractivity contribution in [2.45, 2.75) is 13.3 Å². The molecular formula is C9H13N7O. The standard InChI is InChI=1S/C9H13N7O/c1-3-4-17-9-14-7(10-2)13-8(15-9)16-6-11-5-12-16/h5-6H,3-4H2,1-2H3,(H,10,13,14,15). The molecule has 2 aromatic rings. The van der Waals surface area contributed by atoms with Gasteiger partial charge in [0, 0.05) is 7.05 Å². The van der Waals surface area contributed by atoms with Gasteiger partial charge in [-0.05, 0) is 6.42 Å². The van der Waals surface area contributed by atoms with E-state index in [9.17, 15) is 0 Å². The molecular weight excluding hydrogens is 222 g/mol. The van der Waals surface area contributed by atoms with E-state index in [1.54, 1.807) is 7.05 Å². The molecule has 2 rings (SSSR count). The minimum atomic E-state index is 0.275. The van der Waals surface area contributed by atoms with Gasteiger partial charge >= 0.3 is 6.01 Å². The van der Waals surface area contributed by atoms with E-state index in [4.69, 9.17) is 4.74 Å². The number of hydrogen-bond donors (Lipinski definition) is 1. The van der Waals surface area contributed by atoms with E-state index in [1.165, 1.54) is 17.3 Å². The Morgan fingerprint density at radius 2 is 2.24 bits per heavy atom. The fraction of sp³-hybridized carbons (Fsp3) is 0.444. The second-order valence-electron chi connectivity index (χ2n) is 3.18. The lowest BCUT2D eigenvalue weighted by Crippen LogP contribution is -2.09. The smallest absolute Gasteiger partial charge is 0.323 e. The predicted molar refractivity (Wildman–Crippen MR) is 60.1 cm³/mol. The fourth-order valence-corrected chi connectivity index (χ4v) is 1.13. The van der Waals surface area contributed by atoms with Crippen molar-refractivity contribution >= 4 is 5.95 Å². The van der Waals surface area contributed by atoms with Crippen LogP contribution in [0.1, 0.15) is 13.3 Å². The van der Waals surface area contributed by atoms with Crippen LogP contribution < -0.4 is 10.1 Å². The van der Waals surface area contributed by atoms with Crippen LogP contribution in [0.5, 0.6) is 6.01 Å². The van der Waals surface area contributed by atoms with Crippen molar-refractivity contribution < 1.29 is 4.74 Å². The molecule has 0 bridgehead atoms. The average Bonchev–Trinajstić information content (AvgIpc) is 2.89. The van der Waals surface area contributed by atoms with E-state index in [-0.39, 0.29) is 6.01 Å². The van der Waals surface area contributed by atoms with Crippen molar-refractivity contribution in [1.82, 2.24) is 29.7 Å². The Morgan fingerprint density at radius 3 is 2.88 bits per heavy atom. The summed E-state index contributed by atoms with van der Waals surface area (Å²) in [5, 5.41) is 6.80. The number of anilines is 1. The van der Waals surface area contributed by atoms with Crippen LogP contribution in [0.4, 0.5) is 5.95 Å². The first kappa shape index (κ1) is 11.2. The molecule has 0 unspecified atom stereocenters. The molecule has 2 heterocycles. The molecule has 17 heavy (non-hydrogen) atoms. The van der Waals surface area contributed by atoms with Crippen molar-refractivity contribution in [3.8, 4) is 12.0 Å². The molecule has 90 valence electrons. The van der Waals surface area contributed by atoms with Gasteiger partial charge in [0.1, 0.15) is 12.7 Å². The number of nitrogens with zero attached hydrogens (tertiary/aromatic N) is 6. The number of hydrogen-bond acceptors (Lipinski definition) is 7. The third-order valence-electron chi connectivity index (χ3n) is 1.89. The topological polar surface area (TPSA) is 90.6 Å². The van der Waals surface area contributed by atoms with Crippen molar-refractivity contribution in [1.29, 1.82) is 0 Å². The monoisotopic (exact) mass is 235 g/mol. The molecule has 0 amide bonds. The Bertz CT molecular complexity index is 470. The Kier molecular flexibility index (Phi) is 3.43. The number of ether oxygens (including phenoxy) is 1. The van der Waals surface area contributed by atoms with Crippen molar-refractivity contribution in [3.63, 3.8) is 0 Å². The van der Waals surface area contributed by atoms with Gasteiger partial charge in [-0.2, -0.15) is 24.7 Å². The lowest BCUT2D eigenvalue weighted by Gasteiger charge is -2.06. The number of rotatable bonds is 5. The Balaban J connectivity index is 2.32. The summed E-state index contributed by atoms with van der Waals surface area (Å²) in [4.78, 5) is 16.2. The maximum atomic E-state index is 5.37. The van der Waals surface area contributed by atoms with E-state index in [0.29, 0.717) is 18.5 Å². The number of nitrogens with one attached hydrogen (secondary N) is 1. The summed E-state index contributed by atoms with van der Waals surface area (Å²) in [5.41, 5.74) is 0. The minimum absolute atomic E-state index is 0.275. The van der Waals surface area contributed by atoms with Crippen molar-refractivity contribution in [2.75, 3.05) is 19.0 Å². The van der Waals surface area contributed by atoms with Gasteiger partial charge in [0.05, 0.1) is 6.61 Å². The summed E-state index contributed by atoms with van der Waals surface area (Å²) in [6.07, 6.45) is 3.81. The summed E-state index contributed by atoms with van der Waals surface area (Å²) in [5.74, 6) is 0.796. The van der Waals surface area contributed by atoms with E-state index in [1.807, 2.05) is 6.92 Å². The summed E-state index contributed by atoms with van der Waals surface area (Å²) in [6.45, 7) is 2.57. The van der Waals surface area contributed by atoms with Crippen LogP contribution >= 0.6 is 0 Å². The third kappa shape index (κ3) is 2.65. The van der Waals surface area contributed by atoms with E-state index >= 15 is 0 Å². The van der Waals surface area contributed by atoms with Crippen molar-refractivity contribution in [2.24, 2.45) is 0 Å². The quantitative estimate of drug-likeness (QED) is 0.796. The van der Waals surface area contributed by atoms with Crippen LogP contribution in [0.15, 0.2) is 12.7 Å². The normalized spacial score (nSPS) is 10.2. The zero-order valence-electron chi connectivity index (χ0n) is 9.66. The number of aromatic nitrogens is 6. The molecule has 2 aromatic heterocycles. The average molecular weight is 235 g/mol. The van der Waals surface area contributed by atoms with Gasteiger partial charge in [0.25, 0.3) is 5.95 Å². The lowest BCUT2D eigenvalue weighted by molar-refractivity contribution is 0.291. The second-order valence-corrected chi connectivity index (χ2v) is 3.18. The molecule has 0 aliphatic carbocycles. The third-order valence-corrected chi connectivity index (χ3v) is 1.89. The Hall–Kier alpha value is -2.25. The summed E-state index contributed by atoms with van der Waals surface area (Å²) in [6, 6.07) is 0.275. The molecule has 0 aliphatic heterocycles. The van der Waals surface area contributed by atoms with Crippen LogP contribution in [-0.4, -0.2) is 43.4 Å². The van der Waals surface area contributed by atoms with E-state index in [2.05, 4.69) is 30.4 Å². The van der Waals surface area contributed by atoms with Gasteiger partial charge in [-0.25, -0.2) is 4.98 Å². The maximum absolute atomic E-state index is 5.37. The second kappa shape index (κ2) is 5.19. The van der Waals surface area contributed by atoms with E-state index in [0.717, 1.165) is 6.42 Å². The first-order valence-electron chi connectivity index (χ1n) is 5.25. The highest BCUT2D eigenvalue weighted by atomic mass is 16.5. The van der Waals surface area contributed by atoms with Gasteiger partial charge < -0.3 is 10.1 Å². The summed E-state index contributed by atoms with van der Waals surface area (Å²) < 4.78 is 6.82. The summed E-state index contributed by atoms with van der Waals surface area (Å²) >= 11 is 0. The molecule has 0 spiro atoms. The highest BCUT2D eigenvalue weighted by Gasteiger charge is 2.08. The zero-order valence-corrected chi connectivity index (χ0v) is 9.66. The Labute approximate surface area is 98.1 Å². The van der Waals surface area contributed by atoms with Gasteiger partial charge in [0.15, 0.2) is 0 Å². The Morgan fingerprint density at radius 1 is 1.35 bits per heavy atom.